The summed E-state index contributed by atoms with van der Waals surface area (Å²) in [6.45, 7) is 7.31. The Morgan fingerprint density at radius 1 is 1.05 bits per heavy atom. The molecule has 9 atom stereocenters. The van der Waals surface area contributed by atoms with Crippen LogP contribution in [0, 0.1) is 46.3 Å². The first kappa shape index (κ1) is 26.5. The van der Waals surface area contributed by atoms with Gasteiger partial charge in [0.05, 0.1) is 6.10 Å². The van der Waals surface area contributed by atoms with Crippen molar-refractivity contribution in [3.05, 3.63) is 23.8 Å². The zero-order valence-electron chi connectivity index (χ0n) is 22.7. The molecule has 204 valence electrons. The summed E-state index contributed by atoms with van der Waals surface area (Å²) in [5, 5.41) is 33.1. The quantitative estimate of drug-likeness (QED) is 0.328. The normalized spacial score (nSPS) is 39.7. The number of phenols is 1. The second kappa shape index (κ2) is 9.91. The molecule has 5 rings (SSSR count). The van der Waals surface area contributed by atoms with Gasteiger partial charge in [0.1, 0.15) is 11.3 Å². The van der Waals surface area contributed by atoms with E-state index in [2.05, 4.69) is 26.1 Å². The number of fused-ring (bicyclic) bond motifs is 5. The fourth-order valence-electron chi connectivity index (χ4n) is 9.80. The standard InChI is InChI=1S/C31H45NO5/c1-18(7-12-27(35)32-20-8-11-25(33)21(17-20)29(36)37)22-9-10-23-28-24(13-15-31(22,23)3)30(2)14-5-4-6-19(30)16-26(28)34/h8,11,17-19,22-24,26,28,33-34H,4-7,9-10,12-16H2,1-3H3,(H,32,35)(H,36,37). The van der Waals surface area contributed by atoms with Gasteiger partial charge in [-0.05, 0) is 116 Å². The van der Waals surface area contributed by atoms with Crippen LogP contribution in [-0.4, -0.2) is 33.3 Å². The van der Waals surface area contributed by atoms with Gasteiger partial charge >= 0.3 is 5.97 Å². The number of rotatable bonds is 6. The Hall–Kier alpha value is -2.08. The number of hydrogen-bond donors (Lipinski definition) is 4. The number of benzene rings is 1. The largest absolute Gasteiger partial charge is 0.507 e. The first-order valence-corrected chi connectivity index (χ1v) is 14.6. The maximum atomic E-state index is 12.7. The Labute approximate surface area is 221 Å². The smallest absolute Gasteiger partial charge is 0.339 e. The summed E-state index contributed by atoms with van der Waals surface area (Å²) in [6, 6.07) is 4.12. The molecule has 0 spiro atoms. The van der Waals surface area contributed by atoms with Crippen molar-refractivity contribution in [1.29, 1.82) is 0 Å². The predicted octanol–water partition coefficient (Wildman–Crippen LogP) is 6.47. The number of nitrogens with one attached hydrogen (secondary N) is 1. The molecule has 1 amide bonds. The maximum Gasteiger partial charge on any atom is 0.339 e. The molecule has 0 radical (unpaired) electrons. The van der Waals surface area contributed by atoms with Crippen molar-refractivity contribution in [2.45, 2.75) is 97.5 Å². The van der Waals surface area contributed by atoms with Crippen LogP contribution >= 0.6 is 0 Å². The van der Waals surface area contributed by atoms with Crippen LogP contribution < -0.4 is 5.32 Å². The van der Waals surface area contributed by atoms with Crippen LogP contribution in [0.1, 0.15) is 102 Å². The molecule has 4 aliphatic carbocycles. The van der Waals surface area contributed by atoms with Gasteiger partial charge in [0, 0.05) is 12.1 Å². The van der Waals surface area contributed by atoms with E-state index in [1.807, 2.05) is 0 Å². The van der Waals surface area contributed by atoms with Crippen molar-refractivity contribution in [2.75, 3.05) is 5.32 Å². The fraction of sp³-hybridized carbons (Fsp3) is 0.742. The highest BCUT2D eigenvalue weighted by atomic mass is 16.4. The lowest BCUT2D eigenvalue weighted by atomic mass is 9.44. The van der Waals surface area contributed by atoms with Crippen LogP contribution in [0.15, 0.2) is 18.2 Å². The number of aliphatic hydroxyl groups excluding tert-OH is 1. The molecule has 0 aromatic heterocycles. The number of aliphatic hydroxyl groups is 1. The summed E-state index contributed by atoms with van der Waals surface area (Å²) in [7, 11) is 0. The molecular formula is C31H45NO5. The third kappa shape index (κ3) is 4.57. The molecule has 0 saturated heterocycles. The van der Waals surface area contributed by atoms with Crippen molar-refractivity contribution < 1.29 is 24.9 Å². The Kier molecular flexibility index (Phi) is 7.10. The molecule has 9 unspecified atom stereocenters. The van der Waals surface area contributed by atoms with E-state index in [0.29, 0.717) is 53.0 Å². The third-order valence-corrected chi connectivity index (χ3v) is 11.7. The lowest BCUT2D eigenvalue weighted by molar-refractivity contribution is -0.164. The fourth-order valence-corrected chi connectivity index (χ4v) is 9.80. The molecule has 37 heavy (non-hydrogen) atoms. The molecule has 0 bridgehead atoms. The minimum absolute atomic E-state index is 0.128. The van der Waals surface area contributed by atoms with Crippen molar-refractivity contribution >= 4 is 17.6 Å². The lowest BCUT2D eigenvalue weighted by Crippen LogP contribution is -2.57. The Morgan fingerprint density at radius 2 is 1.81 bits per heavy atom. The van der Waals surface area contributed by atoms with E-state index in [-0.39, 0.29) is 28.7 Å². The number of carboxylic acid groups (broad SMARTS) is 1. The zero-order chi connectivity index (χ0) is 26.5. The van der Waals surface area contributed by atoms with E-state index >= 15 is 0 Å². The number of carbonyl (C=O) groups is 2. The summed E-state index contributed by atoms with van der Waals surface area (Å²) < 4.78 is 0. The van der Waals surface area contributed by atoms with Gasteiger partial charge in [0.2, 0.25) is 5.91 Å². The van der Waals surface area contributed by atoms with E-state index < -0.39 is 5.97 Å². The van der Waals surface area contributed by atoms with E-state index in [1.54, 1.807) is 0 Å². The zero-order valence-corrected chi connectivity index (χ0v) is 22.7. The third-order valence-electron chi connectivity index (χ3n) is 11.7. The lowest BCUT2D eigenvalue weighted by Gasteiger charge is -2.62. The van der Waals surface area contributed by atoms with Gasteiger partial charge in [-0.2, -0.15) is 0 Å². The van der Waals surface area contributed by atoms with Crippen LogP contribution in [0.25, 0.3) is 0 Å². The number of aromatic hydroxyl groups is 1. The van der Waals surface area contributed by atoms with Crippen LogP contribution in [0.4, 0.5) is 5.69 Å². The van der Waals surface area contributed by atoms with Crippen LogP contribution in [0.2, 0.25) is 0 Å². The van der Waals surface area contributed by atoms with Gasteiger partial charge in [-0.15, -0.1) is 0 Å². The maximum absolute atomic E-state index is 12.7. The number of hydrogen-bond acceptors (Lipinski definition) is 4. The van der Waals surface area contributed by atoms with Crippen molar-refractivity contribution in [3.63, 3.8) is 0 Å². The van der Waals surface area contributed by atoms with Crippen LogP contribution in [0.3, 0.4) is 0 Å². The van der Waals surface area contributed by atoms with Gasteiger partial charge in [0.25, 0.3) is 0 Å². The second-order valence-corrected chi connectivity index (χ2v) is 13.4. The second-order valence-electron chi connectivity index (χ2n) is 13.4. The van der Waals surface area contributed by atoms with Gasteiger partial charge in [-0.25, -0.2) is 4.79 Å². The Balaban J connectivity index is 1.22. The Bertz CT molecular complexity index is 1040. The molecule has 1 aromatic rings. The molecule has 6 nitrogen and oxygen atoms in total. The van der Waals surface area contributed by atoms with Gasteiger partial charge in [-0.3, -0.25) is 4.79 Å². The van der Waals surface area contributed by atoms with E-state index in [9.17, 15) is 24.9 Å². The van der Waals surface area contributed by atoms with Gasteiger partial charge in [0.15, 0.2) is 0 Å². The molecule has 6 heteroatoms. The minimum Gasteiger partial charge on any atom is -0.507 e. The van der Waals surface area contributed by atoms with Gasteiger partial charge in [-0.1, -0.05) is 33.6 Å². The highest BCUT2D eigenvalue weighted by Crippen LogP contribution is 2.68. The highest BCUT2D eigenvalue weighted by Gasteiger charge is 2.62. The van der Waals surface area contributed by atoms with Crippen LogP contribution in [0.5, 0.6) is 5.75 Å². The topological polar surface area (TPSA) is 107 Å². The van der Waals surface area contributed by atoms with E-state index in [4.69, 9.17) is 0 Å². The molecule has 4 fully saturated rings. The highest BCUT2D eigenvalue weighted by molar-refractivity contribution is 5.95. The molecule has 0 heterocycles. The number of carboxylic acids is 1. The average molecular weight is 512 g/mol. The van der Waals surface area contributed by atoms with E-state index in [1.165, 1.54) is 69.6 Å². The number of carbonyl (C=O) groups excluding carboxylic acids is 1. The number of aromatic carboxylic acids is 1. The summed E-state index contributed by atoms with van der Waals surface area (Å²) in [5.74, 6) is 1.65. The van der Waals surface area contributed by atoms with Gasteiger partial charge < -0.3 is 20.6 Å². The Morgan fingerprint density at radius 3 is 2.57 bits per heavy atom. The first-order chi connectivity index (χ1) is 17.5. The minimum atomic E-state index is -1.22. The molecule has 1 aromatic carbocycles. The molecule has 4 N–H and O–H groups in total. The summed E-state index contributed by atoms with van der Waals surface area (Å²) >= 11 is 0. The van der Waals surface area contributed by atoms with Crippen molar-refractivity contribution in [3.8, 4) is 5.75 Å². The predicted molar refractivity (Wildman–Crippen MR) is 143 cm³/mol. The molecular weight excluding hydrogens is 466 g/mol. The van der Waals surface area contributed by atoms with Crippen molar-refractivity contribution in [2.24, 2.45) is 46.3 Å². The van der Waals surface area contributed by atoms with E-state index in [0.717, 1.165) is 12.8 Å². The van der Waals surface area contributed by atoms with Crippen molar-refractivity contribution in [1.82, 2.24) is 0 Å². The SMILES string of the molecule is CC(CCC(=O)Nc1ccc(O)c(C(=O)O)c1)C1CCC2C3C(O)CC4CCCCC4(C)C3CCC12C. The molecule has 4 aliphatic rings. The first-order valence-electron chi connectivity index (χ1n) is 14.6. The monoisotopic (exact) mass is 511 g/mol. The summed E-state index contributed by atoms with van der Waals surface area (Å²) in [4.78, 5) is 24.0. The molecule has 0 aliphatic heterocycles. The van der Waals surface area contributed by atoms with Crippen LogP contribution in [-0.2, 0) is 4.79 Å². The average Bonchev–Trinajstić information content (AvgIpc) is 3.21. The molecule has 4 saturated carbocycles. The number of anilines is 1. The summed E-state index contributed by atoms with van der Waals surface area (Å²) in [6.07, 6.45) is 12.2. The summed E-state index contributed by atoms with van der Waals surface area (Å²) in [5.41, 5.74) is 0.799. The number of amides is 1.